The summed E-state index contributed by atoms with van der Waals surface area (Å²) >= 11 is 5.42. The number of hydrogen-bond acceptors (Lipinski definition) is 2. The van der Waals surface area contributed by atoms with Crippen LogP contribution >= 0.6 is 38.5 Å². The predicted molar refractivity (Wildman–Crippen MR) is 58.2 cm³/mol. The van der Waals surface area contributed by atoms with Crippen molar-refractivity contribution in [3.05, 3.63) is 31.8 Å². The standard InChI is InChI=1S/C8H6BrIO2/c1-12-8(11)5-3-2-4-6(9)7(5)10/h2-4H,1H3. The van der Waals surface area contributed by atoms with Crippen LogP contribution in [0.15, 0.2) is 22.7 Å². The summed E-state index contributed by atoms with van der Waals surface area (Å²) in [5, 5.41) is 0. The first-order valence-electron chi connectivity index (χ1n) is 3.19. The van der Waals surface area contributed by atoms with Gasteiger partial charge in [-0.2, -0.15) is 0 Å². The van der Waals surface area contributed by atoms with Gasteiger partial charge in [-0.1, -0.05) is 6.07 Å². The van der Waals surface area contributed by atoms with Gasteiger partial charge in [0.05, 0.1) is 12.7 Å². The van der Waals surface area contributed by atoms with Gasteiger partial charge < -0.3 is 4.74 Å². The summed E-state index contributed by atoms with van der Waals surface area (Å²) in [5.41, 5.74) is 0.590. The van der Waals surface area contributed by atoms with E-state index < -0.39 is 0 Å². The third-order valence-corrected chi connectivity index (χ3v) is 3.92. The number of ether oxygens (including phenoxy) is 1. The zero-order valence-corrected chi connectivity index (χ0v) is 10.0. The zero-order chi connectivity index (χ0) is 9.14. The number of esters is 1. The lowest BCUT2D eigenvalue weighted by molar-refractivity contribution is 0.0599. The van der Waals surface area contributed by atoms with Crippen LogP contribution in [-0.2, 0) is 4.74 Å². The van der Waals surface area contributed by atoms with E-state index in [2.05, 4.69) is 43.3 Å². The quantitative estimate of drug-likeness (QED) is 0.580. The molecule has 1 rings (SSSR count). The van der Waals surface area contributed by atoms with Crippen molar-refractivity contribution in [3.63, 3.8) is 0 Å². The second-order valence-electron chi connectivity index (χ2n) is 2.09. The van der Waals surface area contributed by atoms with Gasteiger partial charge in [0.1, 0.15) is 0 Å². The van der Waals surface area contributed by atoms with Crippen LogP contribution in [0.2, 0.25) is 0 Å². The van der Waals surface area contributed by atoms with Crippen molar-refractivity contribution in [2.24, 2.45) is 0 Å². The van der Waals surface area contributed by atoms with Gasteiger partial charge in [-0.3, -0.25) is 0 Å². The summed E-state index contributed by atoms with van der Waals surface area (Å²) in [6.07, 6.45) is 0. The Bertz CT molecular complexity index is 312. The van der Waals surface area contributed by atoms with Gasteiger partial charge in [0, 0.05) is 8.04 Å². The predicted octanol–water partition coefficient (Wildman–Crippen LogP) is 2.84. The Balaban J connectivity index is 3.16. The first kappa shape index (κ1) is 9.98. The molecule has 2 nitrogen and oxygen atoms in total. The summed E-state index contributed by atoms with van der Waals surface area (Å²) in [7, 11) is 1.37. The molecule has 1 aromatic rings. The van der Waals surface area contributed by atoms with Crippen LogP contribution < -0.4 is 0 Å². The Hall–Kier alpha value is -0.100. The van der Waals surface area contributed by atoms with E-state index in [1.54, 1.807) is 12.1 Å². The van der Waals surface area contributed by atoms with Gasteiger partial charge in [-0.25, -0.2) is 4.79 Å². The molecule has 0 radical (unpaired) electrons. The van der Waals surface area contributed by atoms with Crippen LogP contribution in [0.3, 0.4) is 0 Å². The van der Waals surface area contributed by atoms with E-state index in [9.17, 15) is 4.79 Å². The highest BCUT2D eigenvalue weighted by Gasteiger charge is 2.10. The SMILES string of the molecule is COC(=O)c1cccc(Br)c1I. The molecule has 0 saturated carbocycles. The molecule has 0 aromatic heterocycles. The van der Waals surface area contributed by atoms with Crippen molar-refractivity contribution >= 4 is 44.5 Å². The molecule has 4 heteroatoms. The van der Waals surface area contributed by atoms with Crippen LogP contribution in [0.25, 0.3) is 0 Å². The number of halogens is 2. The largest absolute Gasteiger partial charge is 0.465 e. The number of hydrogen-bond donors (Lipinski definition) is 0. The van der Waals surface area contributed by atoms with E-state index >= 15 is 0 Å². The Morgan fingerprint density at radius 2 is 2.25 bits per heavy atom. The molecule has 0 aliphatic heterocycles. The number of carbonyl (C=O) groups excluding carboxylic acids is 1. The summed E-state index contributed by atoms with van der Waals surface area (Å²) in [4.78, 5) is 11.1. The second kappa shape index (κ2) is 4.23. The van der Waals surface area contributed by atoms with E-state index in [0.717, 1.165) is 8.04 Å². The van der Waals surface area contributed by atoms with Crippen LogP contribution in [0, 0.1) is 3.57 Å². The fourth-order valence-corrected chi connectivity index (χ4v) is 1.72. The summed E-state index contributed by atoms with van der Waals surface area (Å²) in [6.45, 7) is 0. The molecule has 0 saturated heterocycles. The molecule has 0 spiro atoms. The number of methoxy groups -OCH3 is 1. The lowest BCUT2D eigenvalue weighted by Gasteiger charge is -2.02. The van der Waals surface area contributed by atoms with Crippen LogP contribution in [0.5, 0.6) is 0 Å². The minimum Gasteiger partial charge on any atom is -0.465 e. The molecular formula is C8H6BrIO2. The van der Waals surface area contributed by atoms with Crippen molar-refractivity contribution in [1.29, 1.82) is 0 Å². The third kappa shape index (κ3) is 1.98. The van der Waals surface area contributed by atoms with Crippen molar-refractivity contribution in [2.75, 3.05) is 7.11 Å². The van der Waals surface area contributed by atoms with E-state index in [1.807, 2.05) is 6.07 Å². The maximum Gasteiger partial charge on any atom is 0.338 e. The highest BCUT2D eigenvalue weighted by Crippen LogP contribution is 2.22. The average Bonchev–Trinajstić information content (AvgIpc) is 2.08. The fraction of sp³-hybridized carbons (Fsp3) is 0.125. The summed E-state index contributed by atoms with van der Waals surface area (Å²) < 4.78 is 6.39. The van der Waals surface area contributed by atoms with E-state index in [0.29, 0.717) is 5.56 Å². The lowest BCUT2D eigenvalue weighted by atomic mass is 10.2. The molecule has 0 aliphatic rings. The summed E-state index contributed by atoms with van der Waals surface area (Å²) in [6, 6.07) is 5.42. The molecule has 0 heterocycles. The Morgan fingerprint density at radius 3 is 2.83 bits per heavy atom. The number of carbonyl (C=O) groups is 1. The molecule has 64 valence electrons. The van der Waals surface area contributed by atoms with E-state index in [4.69, 9.17) is 0 Å². The normalized spacial score (nSPS) is 9.58. The van der Waals surface area contributed by atoms with Gasteiger partial charge in [0.25, 0.3) is 0 Å². The maximum absolute atomic E-state index is 11.1. The summed E-state index contributed by atoms with van der Waals surface area (Å²) in [5.74, 6) is -0.305. The fourth-order valence-electron chi connectivity index (χ4n) is 0.771. The molecule has 0 aliphatic carbocycles. The number of rotatable bonds is 1. The van der Waals surface area contributed by atoms with Gasteiger partial charge >= 0.3 is 5.97 Å². The average molecular weight is 341 g/mol. The van der Waals surface area contributed by atoms with E-state index in [1.165, 1.54) is 7.11 Å². The lowest BCUT2D eigenvalue weighted by Crippen LogP contribution is -2.03. The third-order valence-electron chi connectivity index (χ3n) is 1.36. The second-order valence-corrected chi connectivity index (χ2v) is 4.03. The topological polar surface area (TPSA) is 26.3 Å². The van der Waals surface area contributed by atoms with Crippen molar-refractivity contribution in [2.45, 2.75) is 0 Å². The Morgan fingerprint density at radius 1 is 1.58 bits per heavy atom. The molecule has 0 unspecified atom stereocenters. The highest BCUT2D eigenvalue weighted by molar-refractivity contribution is 14.1. The zero-order valence-electron chi connectivity index (χ0n) is 6.30. The Kier molecular flexibility index (Phi) is 3.52. The maximum atomic E-state index is 11.1. The van der Waals surface area contributed by atoms with Crippen LogP contribution in [0.4, 0.5) is 0 Å². The van der Waals surface area contributed by atoms with Gasteiger partial charge in [0.15, 0.2) is 0 Å². The van der Waals surface area contributed by atoms with Crippen LogP contribution in [-0.4, -0.2) is 13.1 Å². The minimum atomic E-state index is -0.305. The molecule has 0 N–H and O–H groups in total. The van der Waals surface area contributed by atoms with Crippen molar-refractivity contribution in [3.8, 4) is 0 Å². The van der Waals surface area contributed by atoms with Gasteiger partial charge in [-0.15, -0.1) is 0 Å². The number of benzene rings is 1. The van der Waals surface area contributed by atoms with Crippen LogP contribution in [0.1, 0.15) is 10.4 Å². The minimum absolute atomic E-state index is 0.305. The molecular weight excluding hydrogens is 335 g/mol. The molecule has 0 bridgehead atoms. The van der Waals surface area contributed by atoms with Gasteiger partial charge in [-0.05, 0) is 50.7 Å². The monoisotopic (exact) mass is 340 g/mol. The molecule has 12 heavy (non-hydrogen) atoms. The smallest absolute Gasteiger partial charge is 0.338 e. The molecule has 0 fully saturated rings. The van der Waals surface area contributed by atoms with E-state index in [-0.39, 0.29) is 5.97 Å². The van der Waals surface area contributed by atoms with Crippen molar-refractivity contribution < 1.29 is 9.53 Å². The highest BCUT2D eigenvalue weighted by atomic mass is 127. The van der Waals surface area contributed by atoms with Gasteiger partial charge in [0.2, 0.25) is 0 Å². The first-order valence-corrected chi connectivity index (χ1v) is 5.06. The molecule has 0 amide bonds. The molecule has 0 atom stereocenters. The first-order chi connectivity index (χ1) is 5.66. The Labute approximate surface area is 92.6 Å². The van der Waals surface area contributed by atoms with Crippen molar-refractivity contribution in [1.82, 2.24) is 0 Å². The molecule has 1 aromatic carbocycles.